The first-order chi connectivity index (χ1) is 10.3. The van der Waals surface area contributed by atoms with Gasteiger partial charge in [-0.15, -0.1) is 0 Å². The third-order valence-electron chi connectivity index (χ3n) is 3.03. The molecule has 2 amide bonds. The zero-order valence-electron chi connectivity index (χ0n) is 11.1. The number of halogens is 3. The number of nitrogens with zero attached hydrogens (tertiary/aromatic N) is 1. The van der Waals surface area contributed by atoms with E-state index in [-0.39, 0.29) is 11.1 Å². The topological polar surface area (TPSA) is 89.7 Å². The smallest absolute Gasteiger partial charge is 0.452 e. The number of benzene rings is 1. The van der Waals surface area contributed by atoms with Gasteiger partial charge in [0.2, 0.25) is 0 Å². The molecule has 0 radical (unpaired) electrons. The fourth-order valence-electron chi connectivity index (χ4n) is 1.99. The van der Waals surface area contributed by atoms with Crippen molar-refractivity contribution in [1.29, 1.82) is 0 Å². The standard InChI is InChI=1S/C13H11F3N2O4/c14-13(15,16)12(21)22-7(5-17)6-18-10(19)8-3-1-2-4-9(8)11(18)20/h1-4,7H,5-6,17H2/t7-/m0/s1. The third-order valence-corrected chi connectivity index (χ3v) is 3.03. The Morgan fingerprint density at radius 1 is 1.18 bits per heavy atom. The van der Waals surface area contributed by atoms with Crippen LogP contribution < -0.4 is 5.73 Å². The molecule has 6 nitrogen and oxygen atoms in total. The zero-order valence-corrected chi connectivity index (χ0v) is 11.1. The van der Waals surface area contributed by atoms with Crippen molar-refractivity contribution < 1.29 is 32.3 Å². The predicted molar refractivity (Wildman–Crippen MR) is 66.8 cm³/mol. The molecule has 0 saturated heterocycles. The Labute approximate surface area is 122 Å². The summed E-state index contributed by atoms with van der Waals surface area (Å²) in [6.45, 7) is -1.00. The molecule has 1 aromatic carbocycles. The lowest BCUT2D eigenvalue weighted by molar-refractivity contribution is -0.204. The van der Waals surface area contributed by atoms with Gasteiger partial charge in [0.25, 0.3) is 11.8 Å². The summed E-state index contributed by atoms with van der Waals surface area (Å²) in [5, 5.41) is 0. The summed E-state index contributed by atoms with van der Waals surface area (Å²) in [7, 11) is 0. The van der Waals surface area contributed by atoms with Crippen molar-refractivity contribution in [3.8, 4) is 0 Å². The van der Waals surface area contributed by atoms with Gasteiger partial charge in [-0.3, -0.25) is 14.5 Å². The molecule has 2 rings (SSSR count). The maximum absolute atomic E-state index is 12.2. The first-order valence-electron chi connectivity index (χ1n) is 6.18. The Kier molecular flexibility index (Phi) is 4.18. The zero-order chi connectivity index (χ0) is 16.5. The Balaban J connectivity index is 2.12. The van der Waals surface area contributed by atoms with Crippen LogP contribution in [-0.4, -0.2) is 48.1 Å². The summed E-state index contributed by atoms with van der Waals surface area (Å²) >= 11 is 0. The molecule has 1 aliphatic heterocycles. The van der Waals surface area contributed by atoms with Crippen molar-refractivity contribution in [3.05, 3.63) is 35.4 Å². The molecule has 1 heterocycles. The number of alkyl halides is 3. The van der Waals surface area contributed by atoms with Crippen molar-refractivity contribution in [2.45, 2.75) is 12.3 Å². The SMILES string of the molecule is NC[C@@H](CN1C(=O)c2ccccc2C1=O)OC(=O)C(F)(F)F. The molecule has 1 aliphatic rings. The Bertz CT molecular complexity index is 595. The van der Waals surface area contributed by atoms with Crippen molar-refractivity contribution in [1.82, 2.24) is 4.90 Å². The highest BCUT2D eigenvalue weighted by Gasteiger charge is 2.43. The molecule has 0 unspecified atom stereocenters. The van der Waals surface area contributed by atoms with Crippen LogP contribution in [0, 0.1) is 0 Å². The van der Waals surface area contributed by atoms with Crippen LogP contribution in [0.15, 0.2) is 24.3 Å². The summed E-state index contributed by atoms with van der Waals surface area (Å²) in [5.41, 5.74) is 5.53. The van der Waals surface area contributed by atoms with Crippen LogP contribution in [-0.2, 0) is 9.53 Å². The Morgan fingerprint density at radius 2 is 1.68 bits per heavy atom. The van der Waals surface area contributed by atoms with E-state index >= 15 is 0 Å². The number of rotatable bonds is 4. The minimum absolute atomic E-state index is 0.144. The number of hydrogen-bond acceptors (Lipinski definition) is 5. The highest BCUT2D eigenvalue weighted by molar-refractivity contribution is 6.21. The molecular weight excluding hydrogens is 305 g/mol. The first kappa shape index (κ1) is 16.0. The van der Waals surface area contributed by atoms with E-state index in [1.165, 1.54) is 12.1 Å². The van der Waals surface area contributed by atoms with Crippen LogP contribution in [0.4, 0.5) is 13.2 Å². The molecule has 9 heteroatoms. The second kappa shape index (κ2) is 5.76. The van der Waals surface area contributed by atoms with Gasteiger partial charge in [-0.1, -0.05) is 12.1 Å². The minimum atomic E-state index is -5.17. The molecule has 0 spiro atoms. The lowest BCUT2D eigenvalue weighted by atomic mass is 10.1. The van der Waals surface area contributed by atoms with E-state index in [9.17, 15) is 27.6 Å². The molecule has 1 aromatic rings. The molecule has 22 heavy (non-hydrogen) atoms. The predicted octanol–water partition coefficient (Wildman–Crippen LogP) is 0.715. The van der Waals surface area contributed by atoms with Gasteiger partial charge in [0, 0.05) is 6.54 Å². The number of esters is 1. The Morgan fingerprint density at radius 3 is 2.09 bits per heavy atom. The van der Waals surface area contributed by atoms with E-state index in [4.69, 9.17) is 5.73 Å². The largest absolute Gasteiger partial charge is 0.490 e. The molecule has 2 N–H and O–H groups in total. The van der Waals surface area contributed by atoms with Gasteiger partial charge < -0.3 is 10.5 Å². The molecule has 0 bridgehead atoms. The number of hydrogen-bond donors (Lipinski definition) is 1. The van der Waals surface area contributed by atoms with Crippen LogP contribution >= 0.6 is 0 Å². The number of fused-ring (bicyclic) bond motifs is 1. The van der Waals surface area contributed by atoms with Gasteiger partial charge in [-0.25, -0.2) is 4.79 Å². The molecule has 0 saturated carbocycles. The third kappa shape index (κ3) is 2.93. The van der Waals surface area contributed by atoms with E-state index in [0.29, 0.717) is 4.90 Å². The summed E-state index contributed by atoms with van der Waals surface area (Å²) < 4.78 is 40.7. The second-order valence-corrected chi connectivity index (χ2v) is 4.53. The number of amides is 2. The van der Waals surface area contributed by atoms with Gasteiger partial charge in [0.1, 0.15) is 6.10 Å². The van der Waals surface area contributed by atoms with Crippen molar-refractivity contribution in [3.63, 3.8) is 0 Å². The summed E-state index contributed by atoms with van der Waals surface area (Å²) in [6.07, 6.45) is -6.61. The number of carbonyl (C=O) groups excluding carboxylic acids is 3. The van der Waals surface area contributed by atoms with E-state index in [2.05, 4.69) is 4.74 Å². The second-order valence-electron chi connectivity index (χ2n) is 4.53. The fraction of sp³-hybridized carbons (Fsp3) is 0.308. The number of carbonyl (C=O) groups is 3. The van der Waals surface area contributed by atoms with E-state index in [0.717, 1.165) is 0 Å². The summed E-state index contributed by atoms with van der Waals surface area (Å²) in [6, 6.07) is 5.96. The number of ether oxygens (including phenoxy) is 1. The highest BCUT2D eigenvalue weighted by atomic mass is 19.4. The monoisotopic (exact) mass is 316 g/mol. The lowest BCUT2D eigenvalue weighted by Crippen LogP contribution is -2.44. The molecule has 0 aromatic heterocycles. The first-order valence-corrected chi connectivity index (χ1v) is 6.18. The van der Waals surface area contributed by atoms with Crippen LogP contribution in [0.2, 0.25) is 0 Å². The maximum atomic E-state index is 12.2. The summed E-state index contributed by atoms with van der Waals surface area (Å²) in [4.78, 5) is 35.6. The average Bonchev–Trinajstić information content (AvgIpc) is 2.70. The van der Waals surface area contributed by atoms with Crippen LogP contribution in [0.3, 0.4) is 0 Å². The maximum Gasteiger partial charge on any atom is 0.490 e. The van der Waals surface area contributed by atoms with Crippen LogP contribution in [0.5, 0.6) is 0 Å². The molecule has 118 valence electrons. The van der Waals surface area contributed by atoms with Crippen LogP contribution in [0.25, 0.3) is 0 Å². The van der Waals surface area contributed by atoms with Crippen molar-refractivity contribution in [2.75, 3.05) is 13.1 Å². The Hall–Kier alpha value is -2.42. The van der Waals surface area contributed by atoms with Gasteiger partial charge in [0.15, 0.2) is 0 Å². The summed E-state index contributed by atoms with van der Waals surface area (Å²) in [5.74, 6) is -3.75. The normalized spacial score (nSPS) is 15.7. The van der Waals surface area contributed by atoms with E-state index in [1.54, 1.807) is 12.1 Å². The molecule has 0 aliphatic carbocycles. The number of imide groups is 1. The van der Waals surface area contributed by atoms with Gasteiger partial charge in [-0.05, 0) is 12.1 Å². The number of nitrogens with two attached hydrogens (primary N) is 1. The van der Waals surface area contributed by atoms with E-state index < -0.39 is 43.2 Å². The quantitative estimate of drug-likeness (QED) is 0.653. The average molecular weight is 316 g/mol. The molecular formula is C13H11F3N2O4. The van der Waals surface area contributed by atoms with Gasteiger partial charge in [-0.2, -0.15) is 13.2 Å². The lowest BCUT2D eigenvalue weighted by Gasteiger charge is -2.22. The van der Waals surface area contributed by atoms with Crippen molar-refractivity contribution in [2.24, 2.45) is 5.73 Å². The highest BCUT2D eigenvalue weighted by Crippen LogP contribution is 2.23. The van der Waals surface area contributed by atoms with Crippen LogP contribution in [0.1, 0.15) is 20.7 Å². The minimum Gasteiger partial charge on any atom is -0.452 e. The van der Waals surface area contributed by atoms with Crippen molar-refractivity contribution >= 4 is 17.8 Å². The van der Waals surface area contributed by atoms with Gasteiger partial charge >= 0.3 is 12.1 Å². The molecule has 0 fully saturated rings. The van der Waals surface area contributed by atoms with E-state index in [1.807, 2.05) is 0 Å². The van der Waals surface area contributed by atoms with Gasteiger partial charge in [0.05, 0.1) is 17.7 Å². The fourth-order valence-corrected chi connectivity index (χ4v) is 1.99. The molecule has 1 atom stereocenters.